The number of nitrogens with zero attached hydrogens (tertiary/aromatic N) is 1. The second-order valence-corrected chi connectivity index (χ2v) is 8.72. The van der Waals surface area contributed by atoms with Gasteiger partial charge in [0.2, 0.25) is 0 Å². The molecule has 2 N–H and O–H groups in total. The lowest BCUT2D eigenvalue weighted by Gasteiger charge is -2.27. The van der Waals surface area contributed by atoms with Crippen molar-refractivity contribution in [2.24, 2.45) is 5.73 Å². The van der Waals surface area contributed by atoms with Crippen LogP contribution in [-0.4, -0.2) is 29.7 Å². The molecule has 0 spiro atoms. The van der Waals surface area contributed by atoms with Gasteiger partial charge in [0, 0.05) is 11.1 Å². The normalized spacial score (nSPS) is 15.6. The van der Waals surface area contributed by atoms with Crippen molar-refractivity contribution in [3.05, 3.63) is 96.4 Å². The van der Waals surface area contributed by atoms with Gasteiger partial charge in [0.1, 0.15) is 22.1 Å². The molecule has 0 amide bonds. The fourth-order valence-corrected chi connectivity index (χ4v) is 5.17. The standard InChI is InChI=1S/C26H22F2N2O5S/c1-3-34-25(32)20-19(15-10-6-8-12-17(15)28)21(26(33)35-4-2)24-30(22(20)29)23(31)18(36-24)13-14-9-5-7-11-16(14)27/h5-13,19H,3-4,29H2,1-2H3/t19-/m1/s1. The maximum absolute atomic E-state index is 15.0. The number of hydrogen-bond donors (Lipinski definition) is 1. The number of aromatic nitrogens is 1. The van der Waals surface area contributed by atoms with E-state index in [-0.39, 0.29) is 50.5 Å². The van der Waals surface area contributed by atoms with Crippen LogP contribution in [0.15, 0.2) is 58.9 Å². The van der Waals surface area contributed by atoms with E-state index in [0.29, 0.717) is 0 Å². The van der Waals surface area contributed by atoms with Crippen LogP contribution in [0, 0.1) is 11.6 Å². The number of ether oxygens (including phenoxy) is 2. The zero-order valence-corrected chi connectivity index (χ0v) is 20.2. The second-order valence-electron chi connectivity index (χ2n) is 7.69. The van der Waals surface area contributed by atoms with Gasteiger partial charge in [-0.25, -0.2) is 18.4 Å². The van der Waals surface area contributed by atoms with Gasteiger partial charge in [0.25, 0.3) is 5.56 Å². The molecular formula is C26H22F2N2O5S. The molecule has 1 aliphatic heterocycles. The largest absolute Gasteiger partial charge is 0.463 e. The number of esters is 2. The van der Waals surface area contributed by atoms with Gasteiger partial charge in [-0.15, -0.1) is 11.3 Å². The lowest BCUT2D eigenvalue weighted by molar-refractivity contribution is -0.138. The molecule has 0 radical (unpaired) electrons. The summed E-state index contributed by atoms with van der Waals surface area (Å²) in [5, 5.41) is 0. The zero-order chi connectivity index (χ0) is 26.0. The average Bonchev–Trinajstić information content (AvgIpc) is 3.16. The van der Waals surface area contributed by atoms with Gasteiger partial charge in [-0.1, -0.05) is 36.4 Å². The first kappa shape index (κ1) is 25.1. The quantitative estimate of drug-likeness (QED) is 0.509. The van der Waals surface area contributed by atoms with Crippen molar-refractivity contribution in [1.29, 1.82) is 0 Å². The first-order chi connectivity index (χ1) is 17.3. The van der Waals surface area contributed by atoms with E-state index in [9.17, 15) is 18.8 Å². The van der Waals surface area contributed by atoms with Gasteiger partial charge in [-0.05, 0) is 32.1 Å². The fourth-order valence-electron chi connectivity index (χ4n) is 4.02. The van der Waals surface area contributed by atoms with E-state index in [4.69, 9.17) is 15.2 Å². The summed E-state index contributed by atoms with van der Waals surface area (Å²) in [6, 6.07) is 11.5. The Morgan fingerprint density at radius 3 is 2.17 bits per heavy atom. The summed E-state index contributed by atoms with van der Waals surface area (Å²) < 4.78 is 40.9. The summed E-state index contributed by atoms with van der Waals surface area (Å²) in [6.45, 7) is 3.14. The maximum atomic E-state index is 15.0. The minimum absolute atomic E-state index is 0.00984. The van der Waals surface area contributed by atoms with Gasteiger partial charge < -0.3 is 15.2 Å². The van der Waals surface area contributed by atoms with E-state index in [1.165, 1.54) is 42.5 Å². The molecule has 0 fully saturated rings. The van der Waals surface area contributed by atoms with Crippen molar-refractivity contribution in [3.63, 3.8) is 0 Å². The molecule has 36 heavy (non-hydrogen) atoms. The van der Waals surface area contributed by atoms with Crippen LogP contribution in [0.3, 0.4) is 0 Å². The van der Waals surface area contributed by atoms with Gasteiger partial charge >= 0.3 is 11.9 Å². The predicted molar refractivity (Wildman–Crippen MR) is 131 cm³/mol. The highest BCUT2D eigenvalue weighted by Crippen LogP contribution is 2.38. The monoisotopic (exact) mass is 512 g/mol. The summed E-state index contributed by atoms with van der Waals surface area (Å²) in [4.78, 5) is 39.7. The Bertz CT molecular complexity index is 1570. The molecule has 3 aromatic rings. The highest BCUT2D eigenvalue weighted by Gasteiger charge is 2.41. The molecule has 7 nitrogen and oxygen atoms in total. The van der Waals surface area contributed by atoms with Crippen molar-refractivity contribution in [2.75, 3.05) is 13.2 Å². The molecule has 1 aliphatic rings. The van der Waals surface area contributed by atoms with Crippen LogP contribution in [0.25, 0.3) is 17.5 Å². The third kappa shape index (κ3) is 4.35. The Labute approximate surface area is 208 Å². The summed E-state index contributed by atoms with van der Waals surface area (Å²) in [7, 11) is 0. The molecule has 10 heteroatoms. The highest BCUT2D eigenvalue weighted by atomic mass is 32.1. The molecule has 0 saturated heterocycles. The number of nitrogens with two attached hydrogens (primary N) is 1. The minimum atomic E-state index is -1.30. The van der Waals surface area contributed by atoms with Crippen LogP contribution in [0.2, 0.25) is 0 Å². The van der Waals surface area contributed by atoms with E-state index in [1.807, 2.05) is 0 Å². The van der Waals surface area contributed by atoms with E-state index in [0.717, 1.165) is 15.9 Å². The van der Waals surface area contributed by atoms with Crippen LogP contribution in [0.5, 0.6) is 0 Å². The van der Waals surface area contributed by atoms with Crippen molar-refractivity contribution in [1.82, 2.24) is 4.57 Å². The number of hydrogen-bond acceptors (Lipinski definition) is 7. The Hall–Kier alpha value is -4.05. The van der Waals surface area contributed by atoms with Gasteiger partial charge in [0.05, 0.1) is 34.8 Å². The van der Waals surface area contributed by atoms with E-state index < -0.39 is 35.1 Å². The SMILES string of the molecule is CCOC(=O)C1=C(N)n2c(sc(=Cc3ccccc3F)c2=O)=C(C(=O)OCC)[C@@H]1c1ccccc1F. The third-order valence-corrected chi connectivity index (χ3v) is 6.66. The summed E-state index contributed by atoms with van der Waals surface area (Å²) >= 11 is 0.865. The Balaban J connectivity index is 2.15. The zero-order valence-electron chi connectivity index (χ0n) is 19.4. The smallest absolute Gasteiger partial charge is 0.338 e. The molecule has 2 heterocycles. The predicted octanol–water partition coefficient (Wildman–Crippen LogP) is 2.22. The molecule has 1 aromatic heterocycles. The minimum Gasteiger partial charge on any atom is -0.463 e. The van der Waals surface area contributed by atoms with Crippen LogP contribution in [0.4, 0.5) is 8.78 Å². The molecular weight excluding hydrogens is 490 g/mol. The number of carbonyl (C=O) groups excluding carboxylic acids is 2. The number of fused-ring (bicyclic) bond motifs is 1. The van der Waals surface area contributed by atoms with Gasteiger partial charge in [-0.2, -0.15) is 0 Å². The van der Waals surface area contributed by atoms with Crippen LogP contribution < -0.4 is 20.5 Å². The molecule has 1 atom stereocenters. The first-order valence-corrected chi connectivity index (χ1v) is 11.9. The molecule has 0 bridgehead atoms. The van der Waals surface area contributed by atoms with Crippen LogP contribution in [0.1, 0.15) is 30.9 Å². The topological polar surface area (TPSA) is 101 Å². The van der Waals surface area contributed by atoms with Crippen LogP contribution >= 0.6 is 11.3 Å². The lowest BCUT2D eigenvalue weighted by atomic mass is 9.83. The highest BCUT2D eigenvalue weighted by molar-refractivity contribution is 7.07. The second kappa shape index (κ2) is 10.3. The number of halogens is 2. The Morgan fingerprint density at radius 2 is 1.56 bits per heavy atom. The maximum Gasteiger partial charge on any atom is 0.338 e. The fraction of sp³-hybridized carbons (Fsp3) is 0.192. The Morgan fingerprint density at radius 1 is 0.972 bits per heavy atom. The molecule has 0 aliphatic carbocycles. The summed E-state index contributed by atoms with van der Waals surface area (Å²) in [5.74, 6) is -4.61. The molecule has 0 saturated carbocycles. The molecule has 0 unspecified atom stereocenters. The Kier molecular flexibility index (Phi) is 7.16. The third-order valence-electron chi connectivity index (χ3n) is 5.55. The van der Waals surface area contributed by atoms with E-state index >= 15 is 4.39 Å². The number of thiazole rings is 1. The summed E-state index contributed by atoms with van der Waals surface area (Å²) in [5.41, 5.74) is 5.39. The van der Waals surface area contributed by atoms with Crippen molar-refractivity contribution < 1.29 is 27.8 Å². The number of benzene rings is 2. The molecule has 4 rings (SSSR count). The molecule has 186 valence electrons. The molecule has 2 aromatic carbocycles. The number of carbonyl (C=O) groups is 2. The van der Waals surface area contributed by atoms with Crippen LogP contribution in [-0.2, 0) is 19.1 Å². The van der Waals surface area contributed by atoms with Gasteiger partial charge in [-0.3, -0.25) is 9.36 Å². The van der Waals surface area contributed by atoms with Gasteiger partial charge in [0.15, 0.2) is 0 Å². The van der Waals surface area contributed by atoms with Crippen molar-refractivity contribution >= 4 is 40.7 Å². The van der Waals surface area contributed by atoms with Crippen molar-refractivity contribution in [2.45, 2.75) is 19.8 Å². The lowest BCUT2D eigenvalue weighted by Crippen LogP contribution is -2.42. The number of rotatable bonds is 6. The summed E-state index contributed by atoms with van der Waals surface area (Å²) in [6.07, 6.45) is 1.33. The first-order valence-electron chi connectivity index (χ1n) is 11.1. The average molecular weight is 513 g/mol. The van der Waals surface area contributed by atoms with E-state index in [2.05, 4.69) is 0 Å². The van der Waals surface area contributed by atoms with Crippen molar-refractivity contribution in [3.8, 4) is 0 Å². The van der Waals surface area contributed by atoms with E-state index in [1.54, 1.807) is 26.0 Å².